The van der Waals surface area contributed by atoms with Crippen molar-refractivity contribution in [3.05, 3.63) is 24.3 Å². The SMILES string of the molecule is CCC(C)NC(=O)Nc1cccc(S(=O)(=O)N2CCCC2)c1. The Morgan fingerprint density at radius 1 is 1.32 bits per heavy atom. The summed E-state index contributed by atoms with van der Waals surface area (Å²) in [4.78, 5) is 12.0. The van der Waals surface area contributed by atoms with Crippen molar-refractivity contribution in [2.24, 2.45) is 0 Å². The molecule has 1 aliphatic rings. The minimum absolute atomic E-state index is 0.0662. The third-order valence-electron chi connectivity index (χ3n) is 3.78. The van der Waals surface area contributed by atoms with E-state index in [2.05, 4.69) is 10.6 Å². The van der Waals surface area contributed by atoms with E-state index in [4.69, 9.17) is 0 Å². The predicted octanol–water partition coefficient (Wildman–Crippen LogP) is 2.39. The Hall–Kier alpha value is -1.60. The fraction of sp³-hybridized carbons (Fsp3) is 0.533. The highest BCUT2D eigenvalue weighted by Crippen LogP contribution is 2.23. The van der Waals surface area contributed by atoms with Crippen LogP contribution < -0.4 is 10.6 Å². The zero-order chi connectivity index (χ0) is 16.2. The maximum atomic E-state index is 12.5. The second kappa shape index (κ2) is 7.11. The van der Waals surface area contributed by atoms with Gasteiger partial charge in [0.1, 0.15) is 0 Å². The standard InChI is InChI=1S/C15H23N3O3S/c1-3-12(2)16-15(19)17-13-7-6-8-14(11-13)22(20,21)18-9-4-5-10-18/h6-8,11-12H,3-5,9-10H2,1-2H3,(H2,16,17,19). The first-order chi connectivity index (χ1) is 10.4. The van der Waals surface area contributed by atoms with Gasteiger partial charge in [0, 0.05) is 24.8 Å². The molecule has 1 aromatic carbocycles. The van der Waals surface area contributed by atoms with Crippen LogP contribution in [0.3, 0.4) is 0 Å². The van der Waals surface area contributed by atoms with E-state index < -0.39 is 10.0 Å². The van der Waals surface area contributed by atoms with Crippen LogP contribution in [0.15, 0.2) is 29.2 Å². The van der Waals surface area contributed by atoms with Crippen LogP contribution in [0.1, 0.15) is 33.1 Å². The van der Waals surface area contributed by atoms with Crippen LogP contribution in [-0.4, -0.2) is 37.9 Å². The molecular weight excluding hydrogens is 302 g/mol. The van der Waals surface area contributed by atoms with Gasteiger partial charge in [0.25, 0.3) is 0 Å². The zero-order valence-electron chi connectivity index (χ0n) is 13.0. The van der Waals surface area contributed by atoms with Crippen LogP contribution in [0.2, 0.25) is 0 Å². The molecule has 0 bridgehead atoms. The number of hydrogen-bond acceptors (Lipinski definition) is 3. The largest absolute Gasteiger partial charge is 0.335 e. The number of benzene rings is 1. The lowest BCUT2D eigenvalue weighted by Gasteiger charge is -2.16. The average Bonchev–Trinajstić information content (AvgIpc) is 3.02. The number of nitrogens with one attached hydrogen (secondary N) is 2. The smallest absolute Gasteiger partial charge is 0.319 e. The van der Waals surface area contributed by atoms with Crippen molar-refractivity contribution in [1.82, 2.24) is 9.62 Å². The van der Waals surface area contributed by atoms with Crippen molar-refractivity contribution in [2.75, 3.05) is 18.4 Å². The number of carbonyl (C=O) groups excluding carboxylic acids is 1. The molecule has 0 saturated carbocycles. The lowest BCUT2D eigenvalue weighted by Crippen LogP contribution is -2.35. The molecule has 1 aromatic rings. The minimum atomic E-state index is -3.46. The number of nitrogens with zero attached hydrogens (tertiary/aromatic N) is 1. The van der Waals surface area contributed by atoms with E-state index in [-0.39, 0.29) is 17.0 Å². The van der Waals surface area contributed by atoms with Crippen LogP contribution >= 0.6 is 0 Å². The number of sulfonamides is 1. The summed E-state index contributed by atoms with van der Waals surface area (Å²) in [6.07, 6.45) is 2.62. The van der Waals surface area contributed by atoms with Gasteiger partial charge in [-0.1, -0.05) is 13.0 Å². The molecule has 1 aliphatic heterocycles. The molecule has 2 N–H and O–H groups in total. The number of anilines is 1. The van der Waals surface area contributed by atoms with Gasteiger partial charge >= 0.3 is 6.03 Å². The van der Waals surface area contributed by atoms with E-state index in [0.29, 0.717) is 18.8 Å². The molecule has 0 spiro atoms. The highest BCUT2D eigenvalue weighted by atomic mass is 32.2. The summed E-state index contributed by atoms with van der Waals surface area (Å²) in [5.74, 6) is 0. The number of carbonyl (C=O) groups is 1. The molecule has 1 fully saturated rings. The van der Waals surface area contributed by atoms with E-state index in [0.717, 1.165) is 19.3 Å². The Balaban J connectivity index is 2.11. The summed E-state index contributed by atoms with van der Waals surface area (Å²) >= 11 is 0. The van der Waals surface area contributed by atoms with Crippen LogP contribution in [0.4, 0.5) is 10.5 Å². The summed E-state index contributed by atoms with van der Waals surface area (Å²) in [5, 5.41) is 5.46. The van der Waals surface area contributed by atoms with Crippen LogP contribution in [0.5, 0.6) is 0 Å². The van der Waals surface area contributed by atoms with Gasteiger partial charge in [-0.05, 0) is 44.4 Å². The lowest BCUT2D eigenvalue weighted by molar-refractivity contribution is 0.249. The highest BCUT2D eigenvalue weighted by Gasteiger charge is 2.27. The normalized spacial score (nSPS) is 17.2. The second-order valence-electron chi connectivity index (χ2n) is 5.55. The Morgan fingerprint density at radius 2 is 2.00 bits per heavy atom. The Labute approximate surface area is 131 Å². The molecule has 0 aromatic heterocycles. The third-order valence-corrected chi connectivity index (χ3v) is 5.68. The fourth-order valence-electron chi connectivity index (χ4n) is 2.30. The first-order valence-electron chi connectivity index (χ1n) is 7.61. The quantitative estimate of drug-likeness (QED) is 0.872. The highest BCUT2D eigenvalue weighted by molar-refractivity contribution is 7.89. The Morgan fingerprint density at radius 3 is 2.64 bits per heavy atom. The van der Waals surface area contributed by atoms with Gasteiger partial charge in [-0.25, -0.2) is 13.2 Å². The zero-order valence-corrected chi connectivity index (χ0v) is 13.8. The predicted molar refractivity (Wildman–Crippen MR) is 86.3 cm³/mol. The second-order valence-corrected chi connectivity index (χ2v) is 7.48. The Bertz CT molecular complexity index is 625. The van der Waals surface area contributed by atoms with Crippen molar-refractivity contribution >= 4 is 21.7 Å². The summed E-state index contributed by atoms with van der Waals surface area (Å²) in [5.41, 5.74) is 0.473. The monoisotopic (exact) mass is 325 g/mol. The van der Waals surface area contributed by atoms with Crippen molar-refractivity contribution in [1.29, 1.82) is 0 Å². The van der Waals surface area contributed by atoms with Crippen molar-refractivity contribution in [3.8, 4) is 0 Å². The summed E-state index contributed by atoms with van der Waals surface area (Å²) in [7, 11) is -3.46. The first-order valence-corrected chi connectivity index (χ1v) is 9.05. The number of urea groups is 1. The molecule has 22 heavy (non-hydrogen) atoms. The van der Waals surface area contributed by atoms with E-state index >= 15 is 0 Å². The molecule has 122 valence electrons. The van der Waals surface area contributed by atoms with Crippen molar-refractivity contribution < 1.29 is 13.2 Å². The fourth-order valence-corrected chi connectivity index (χ4v) is 3.87. The maximum absolute atomic E-state index is 12.5. The van der Waals surface area contributed by atoms with Crippen LogP contribution in [0, 0.1) is 0 Å². The molecule has 0 radical (unpaired) electrons. The van der Waals surface area contributed by atoms with Crippen LogP contribution in [-0.2, 0) is 10.0 Å². The number of hydrogen-bond donors (Lipinski definition) is 2. The maximum Gasteiger partial charge on any atom is 0.319 e. The van der Waals surface area contributed by atoms with Gasteiger partial charge in [-0.2, -0.15) is 4.31 Å². The van der Waals surface area contributed by atoms with Crippen LogP contribution in [0.25, 0.3) is 0 Å². The lowest BCUT2D eigenvalue weighted by atomic mass is 10.3. The van der Waals surface area contributed by atoms with Gasteiger partial charge in [-0.3, -0.25) is 0 Å². The van der Waals surface area contributed by atoms with Gasteiger partial charge in [0.15, 0.2) is 0 Å². The molecule has 1 saturated heterocycles. The molecule has 1 heterocycles. The summed E-state index contributed by atoms with van der Waals surface area (Å²) in [6, 6.07) is 6.12. The molecule has 1 unspecified atom stereocenters. The number of amides is 2. The van der Waals surface area contributed by atoms with Crippen molar-refractivity contribution in [3.63, 3.8) is 0 Å². The van der Waals surface area contributed by atoms with Crippen molar-refractivity contribution in [2.45, 2.75) is 44.0 Å². The molecular formula is C15H23N3O3S. The molecule has 1 atom stereocenters. The molecule has 2 rings (SSSR count). The van der Waals surface area contributed by atoms with Gasteiger partial charge in [0.05, 0.1) is 4.90 Å². The number of rotatable bonds is 5. The summed E-state index contributed by atoms with van der Waals surface area (Å²) in [6.45, 7) is 5.02. The Kier molecular flexibility index (Phi) is 5.42. The van der Waals surface area contributed by atoms with Gasteiger partial charge in [-0.15, -0.1) is 0 Å². The van der Waals surface area contributed by atoms with E-state index in [1.807, 2.05) is 13.8 Å². The summed E-state index contributed by atoms with van der Waals surface area (Å²) < 4.78 is 26.5. The van der Waals surface area contributed by atoms with E-state index in [1.165, 1.54) is 10.4 Å². The van der Waals surface area contributed by atoms with Gasteiger partial charge in [0.2, 0.25) is 10.0 Å². The average molecular weight is 325 g/mol. The third kappa shape index (κ3) is 3.98. The first kappa shape index (κ1) is 16.8. The van der Waals surface area contributed by atoms with Gasteiger partial charge < -0.3 is 10.6 Å². The minimum Gasteiger partial charge on any atom is -0.335 e. The molecule has 7 heteroatoms. The topological polar surface area (TPSA) is 78.5 Å². The molecule has 6 nitrogen and oxygen atoms in total. The van der Waals surface area contributed by atoms with E-state index in [1.54, 1.807) is 18.2 Å². The molecule has 2 amide bonds. The van der Waals surface area contributed by atoms with E-state index in [9.17, 15) is 13.2 Å². The molecule has 0 aliphatic carbocycles.